The van der Waals surface area contributed by atoms with Crippen LogP contribution in [0.5, 0.6) is 0 Å². The Morgan fingerprint density at radius 3 is 2.44 bits per heavy atom. The summed E-state index contributed by atoms with van der Waals surface area (Å²) >= 11 is 0. The zero-order chi connectivity index (χ0) is 13.8. The Kier molecular flexibility index (Phi) is 4.68. The molecule has 2 atom stereocenters. The van der Waals surface area contributed by atoms with Crippen LogP contribution in [-0.4, -0.2) is 12.7 Å². The van der Waals surface area contributed by atoms with Gasteiger partial charge in [-0.2, -0.15) is 18.4 Å². The number of nitrogens with zero attached hydrogens (tertiary/aromatic N) is 1. The molecule has 0 amide bonds. The van der Waals surface area contributed by atoms with Crippen LogP contribution in [0.25, 0.3) is 0 Å². The highest BCUT2D eigenvalue weighted by atomic mass is 19.4. The van der Waals surface area contributed by atoms with Gasteiger partial charge in [0.2, 0.25) is 0 Å². The minimum absolute atomic E-state index is 0.274. The van der Waals surface area contributed by atoms with Crippen molar-refractivity contribution in [2.45, 2.75) is 19.1 Å². The fourth-order valence-electron chi connectivity index (χ4n) is 1.47. The van der Waals surface area contributed by atoms with E-state index < -0.39 is 30.5 Å². The van der Waals surface area contributed by atoms with E-state index in [4.69, 9.17) is 5.26 Å². The van der Waals surface area contributed by atoms with Crippen LogP contribution < -0.4 is 5.32 Å². The Bertz CT molecular complexity index is 436. The molecule has 0 spiro atoms. The van der Waals surface area contributed by atoms with Crippen molar-refractivity contribution in [2.75, 3.05) is 6.54 Å². The van der Waals surface area contributed by atoms with E-state index in [0.717, 1.165) is 0 Å². The summed E-state index contributed by atoms with van der Waals surface area (Å²) in [7, 11) is 0. The normalized spacial score (nSPS) is 14.9. The molecule has 0 saturated carbocycles. The smallest absolute Gasteiger partial charge is 0.308 e. The SMILES string of the molecule is C[C@@H](NCC(C#N)C(F)(F)F)c1ccccc1F. The summed E-state index contributed by atoms with van der Waals surface area (Å²) in [4.78, 5) is 0. The molecule has 2 nitrogen and oxygen atoms in total. The van der Waals surface area contributed by atoms with E-state index in [1.54, 1.807) is 13.0 Å². The molecule has 1 unspecified atom stereocenters. The van der Waals surface area contributed by atoms with Crippen molar-refractivity contribution in [3.63, 3.8) is 0 Å². The molecule has 0 bridgehead atoms. The second-order valence-electron chi connectivity index (χ2n) is 3.87. The van der Waals surface area contributed by atoms with E-state index in [1.165, 1.54) is 24.3 Å². The lowest BCUT2D eigenvalue weighted by atomic mass is 10.1. The van der Waals surface area contributed by atoms with Crippen molar-refractivity contribution in [3.8, 4) is 6.07 Å². The topological polar surface area (TPSA) is 35.8 Å². The molecule has 0 heterocycles. The van der Waals surface area contributed by atoms with Gasteiger partial charge in [-0.15, -0.1) is 0 Å². The second-order valence-corrected chi connectivity index (χ2v) is 3.87. The van der Waals surface area contributed by atoms with Crippen LogP contribution in [0.2, 0.25) is 0 Å². The summed E-state index contributed by atoms with van der Waals surface area (Å²) in [5, 5.41) is 10.9. The van der Waals surface area contributed by atoms with E-state index in [-0.39, 0.29) is 5.56 Å². The molecule has 1 aromatic carbocycles. The molecular weight excluding hydrogens is 248 g/mol. The molecular formula is C12H12F4N2. The summed E-state index contributed by atoms with van der Waals surface area (Å²) in [5.41, 5.74) is 0.274. The van der Waals surface area contributed by atoms with Crippen molar-refractivity contribution in [1.82, 2.24) is 5.32 Å². The summed E-state index contributed by atoms with van der Waals surface area (Å²) in [6, 6.07) is 6.41. The van der Waals surface area contributed by atoms with Crippen molar-refractivity contribution in [3.05, 3.63) is 35.6 Å². The van der Waals surface area contributed by atoms with Gasteiger partial charge < -0.3 is 5.32 Å². The molecule has 0 aliphatic heterocycles. The Morgan fingerprint density at radius 2 is 1.94 bits per heavy atom. The molecule has 0 radical (unpaired) electrons. The average molecular weight is 260 g/mol. The van der Waals surface area contributed by atoms with Gasteiger partial charge in [0, 0.05) is 18.2 Å². The van der Waals surface area contributed by atoms with Crippen molar-refractivity contribution in [2.24, 2.45) is 5.92 Å². The van der Waals surface area contributed by atoms with Crippen molar-refractivity contribution in [1.29, 1.82) is 5.26 Å². The van der Waals surface area contributed by atoms with E-state index in [1.807, 2.05) is 0 Å². The lowest BCUT2D eigenvalue weighted by Crippen LogP contribution is -2.34. The number of hydrogen-bond acceptors (Lipinski definition) is 2. The van der Waals surface area contributed by atoms with E-state index in [0.29, 0.717) is 0 Å². The highest BCUT2D eigenvalue weighted by molar-refractivity contribution is 5.20. The summed E-state index contributed by atoms with van der Waals surface area (Å²) in [6.45, 7) is 0.985. The zero-order valence-electron chi connectivity index (χ0n) is 9.63. The first kappa shape index (κ1) is 14.5. The number of alkyl halides is 3. The van der Waals surface area contributed by atoms with Crippen molar-refractivity contribution >= 4 is 0 Å². The van der Waals surface area contributed by atoms with Crippen LogP contribution in [0.4, 0.5) is 17.6 Å². The molecule has 98 valence electrons. The minimum atomic E-state index is -4.57. The predicted molar refractivity (Wildman–Crippen MR) is 58.0 cm³/mol. The van der Waals surface area contributed by atoms with Gasteiger partial charge in [-0.25, -0.2) is 4.39 Å². The largest absolute Gasteiger partial charge is 0.405 e. The minimum Gasteiger partial charge on any atom is -0.308 e. The molecule has 0 aromatic heterocycles. The maximum Gasteiger partial charge on any atom is 0.405 e. The maximum atomic E-state index is 13.4. The van der Waals surface area contributed by atoms with Gasteiger partial charge >= 0.3 is 6.18 Å². The summed E-state index contributed by atoms with van der Waals surface area (Å²) < 4.78 is 50.3. The lowest BCUT2D eigenvalue weighted by molar-refractivity contribution is -0.157. The first-order valence-electron chi connectivity index (χ1n) is 5.30. The molecule has 1 aromatic rings. The van der Waals surface area contributed by atoms with Gasteiger partial charge in [-0.05, 0) is 13.0 Å². The lowest BCUT2D eigenvalue weighted by Gasteiger charge is -2.18. The van der Waals surface area contributed by atoms with E-state index in [9.17, 15) is 17.6 Å². The highest BCUT2D eigenvalue weighted by Crippen LogP contribution is 2.26. The highest BCUT2D eigenvalue weighted by Gasteiger charge is 2.39. The third-order valence-electron chi connectivity index (χ3n) is 2.55. The zero-order valence-corrected chi connectivity index (χ0v) is 9.63. The van der Waals surface area contributed by atoms with Gasteiger partial charge in [-0.3, -0.25) is 0 Å². The third kappa shape index (κ3) is 3.70. The van der Waals surface area contributed by atoms with Crippen LogP contribution in [-0.2, 0) is 0 Å². The molecule has 18 heavy (non-hydrogen) atoms. The molecule has 0 saturated heterocycles. The Hall–Kier alpha value is -1.61. The maximum absolute atomic E-state index is 13.4. The van der Waals surface area contributed by atoms with Crippen LogP contribution in [0.1, 0.15) is 18.5 Å². The monoisotopic (exact) mass is 260 g/mol. The fourth-order valence-corrected chi connectivity index (χ4v) is 1.47. The standard InChI is InChI=1S/C12H12F4N2/c1-8(10-4-2-3-5-11(10)13)18-7-9(6-17)12(14,15)16/h2-5,8-9,18H,7H2,1H3/t8-,9?/m1/s1. The number of benzene rings is 1. The predicted octanol–water partition coefficient (Wildman–Crippen LogP) is 3.18. The Morgan fingerprint density at radius 1 is 1.33 bits per heavy atom. The van der Waals surface area contributed by atoms with Crippen LogP contribution in [0.3, 0.4) is 0 Å². The number of halogens is 4. The Balaban J connectivity index is 2.65. The summed E-state index contributed by atoms with van der Waals surface area (Å²) in [6.07, 6.45) is -4.57. The molecule has 1 rings (SSSR count). The molecule has 0 aliphatic rings. The first-order valence-corrected chi connectivity index (χ1v) is 5.30. The van der Waals surface area contributed by atoms with Gasteiger partial charge in [0.1, 0.15) is 5.82 Å². The number of hydrogen-bond donors (Lipinski definition) is 1. The summed E-state index contributed by atoms with van der Waals surface area (Å²) in [5.74, 6) is -2.58. The second kappa shape index (κ2) is 5.83. The molecule has 6 heteroatoms. The molecule has 0 aliphatic carbocycles. The quantitative estimate of drug-likeness (QED) is 0.844. The van der Waals surface area contributed by atoms with Gasteiger partial charge in [0.15, 0.2) is 5.92 Å². The van der Waals surface area contributed by atoms with Gasteiger partial charge in [0.05, 0.1) is 6.07 Å². The number of nitriles is 1. The molecule has 1 N–H and O–H groups in total. The van der Waals surface area contributed by atoms with Crippen LogP contribution >= 0.6 is 0 Å². The van der Waals surface area contributed by atoms with Crippen molar-refractivity contribution < 1.29 is 17.6 Å². The molecule has 0 fully saturated rings. The third-order valence-corrected chi connectivity index (χ3v) is 2.55. The van der Waals surface area contributed by atoms with Crippen LogP contribution in [0, 0.1) is 23.1 Å². The average Bonchev–Trinajstić information content (AvgIpc) is 2.28. The van der Waals surface area contributed by atoms with E-state index >= 15 is 0 Å². The van der Waals surface area contributed by atoms with Gasteiger partial charge in [-0.1, -0.05) is 18.2 Å². The van der Waals surface area contributed by atoms with Gasteiger partial charge in [0.25, 0.3) is 0 Å². The first-order chi connectivity index (χ1) is 8.36. The fraction of sp³-hybridized carbons (Fsp3) is 0.417. The van der Waals surface area contributed by atoms with E-state index in [2.05, 4.69) is 5.32 Å². The Labute approximate surface area is 102 Å². The number of nitrogens with one attached hydrogen (secondary N) is 1. The number of rotatable bonds is 4. The van der Waals surface area contributed by atoms with Crippen LogP contribution in [0.15, 0.2) is 24.3 Å².